The van der Waals surface area contributed by atoms with Gasteiger partial charge < -0.3 is 10.2 Å². The van der Waals surface area contributed by atoms with Crippen LogP contribution in [0.4, 0.5) is 0 Å². The van der Waals surface area contributed by atoms with Crippen LogP contribution in [0.2, 0.25) is 0 Å². The molecular weight excluding hydrogens is 172 g/mol. The Labute approximate surface area is 75.6 Å². The average Bonchev–Trinajstić information content (AvgIpc) is 2.28. The molecule has 0 fully saturated rings. The Kier molecular flexibility index (Phi) is 2.67. The molecule has 0 aromatic carbocycles. The second-order valence-corrected chi connectivity index (χ2v) is 2.98. The number of aromatic nitrogens is 2. The molecule has 0 bridgehead atoms. The van der Waals surface area contributed by atoms with Gasteiger partial charge >= 0.3 is 5.97 Å². The number of hydrogen-bond donors (Lipinski definition) is 2. The molecule has 2 N–H and O–H groups in total. The van der Waals surface area contributed by atoms with Gasteiger partial charge in [-0.1, -0.05) is 0 Å². The summed E-state index contributed by atoms with van der Waals surface area (Å²) in [6.45, 7) is 1.79. The maximum atomic E-state index is 10.3. The van der Waals surface area contributed by atoms with Gasteiger partial charge in [0.1, 0.15) is 6.10 Å². The summed E-state index contributed by atoms with van der Waals surface area (Å²) in [6.07, 6.45) is 0.414. The van der Waals surface area contributed by atoms with Crippen molar-refractivity contribution >= 4 is 5.97 Å². The Hall–Kier alpha value is -1.36. The molecule has 0 radical (unpaired) electrons. The predicted molar refractivity (Wildman–Crippen MR) is 45.2 cm³/mol. The van der Waals surface area contributed by atoms with Gasteiger partial charge in [0.15, 0.2) is 0 Å². The molecule has 1 heterocycles. The second-order valence-electron chi connectivity index (χ2n) is 2.98. The summed E-state index contributed by atoms with van der Waals surface area (Å²) < 4.78 is 1.55. The SMILES string of the molecule is Cc1cn(C)nc1[C@H](O)CC(=O)O. The number of rotatable bonds is 3. The number of aryl methyl sites for hydroxylation is 2. The Balaban J connectivity index is 2.81. The summed E-state index contributed by atoms with van der Waals surface area (Å²) in [5.41, 5.74) is 1.24. The highest BCUT2D eigenvalue weighted by atomic mass is 16.4. The number of nitrogens with zero attached hydrogens (tertiary/aromatic N) is 2. The number of carboxylic acids is 1. The van der Waals surface area contributed by atoms with Crippen LogP contribution in [0.5, 0.6) is 0 Å². The molecule has 0 aliphatic rings. The molecule has 5 nitrogen and oxygen atoms in total. The van der Waals surface area contributed by atoms with Gasteiger partial charge in [-0.2, -0.15) is 5.10 Å². The highest BCUT2D eigenvalue weighted by Crippen LogP contribution is 2.17. The van der Waals surface area contributed by atoms with E-state index >= 15 is 0 Å². The largest absolute Gasteiger partial charge is 0.481 e. The topological polar surface area (TPSA) is 75.3 Å². The summed E-state index contributed by atoms with van der Waals surface area (Å²) in [5.74, 6) is -1.03. The Morgan fingerprint density at radius 2 is 2.38 bits per heavy atom. The van der Waals surface area contributed by atoms with E-state index in [1.165, 1.54) is 0 Å². The van der Waals surface area contributed by atoms with Crippen molar-refractivity contribution in [2.24, 2.45) is 7.05 Å². The molecule has 1 aromatic heterocycles. The number of aliphatic carboxylic acids is 1. The lowest BCUT2D eigenvalue weighted by atomic mass is 10.1. The summed E-state index contributed by atoms with van der Waals surface area (Å²) in [7, 11) is 1.73. The first-order valence-corrected chi connectivity index (χ1v) is 3.90. The van der Waals surface area contributed by atoms with Crippen molar-refractivity contribution < 1.29 is 15.0 Å². The molecule has 0 amide bonds. The maximum Gasteiger partial charge on any atom is 0.306 e. The fourth-order valence-electron chi connectivity index (χ4n) is 1.22. The number of aliphatic hydroxyl groups is 1. The molecule has 1 atom stereocenters. The van der Waals surface area contributed by atoms with E-state index in [1.54, 1.807) is 24.9 Å². The predicted octanol–water partition coefficient (Wildman–Crippen LogP) is 0.237. The molecule has 0 saturated carbocycles. The van der Waals surface area contributed by atoms with Gasteiger partial charge in [-0.3, -0.25) is 9.48 Å². The Morgan fingerprint density at radius 1 is 1.77 bits per heavy atom. The number of carboxylic acid groups (broad SMARTS) is 1. The third kappa shape index (κ3) is 2.29. The molecule has 0 unspecified atom stereocenters. The van der Waals surface area contributed by atoms with E-state index in [0.717, 1.165) is 5.56 Å². The van der Waals surface area contributed by atoms with Gasteiger partial charge in [0.2, 0.25) is 0 Å². The minimum atomic E-state index is -1.03. The van der Waals surface area contributed by atoms with Crippen molar-refractivity contribution in [3.63, 3.8) is 0 Å². The van der Waals surface area contributed by atoms with Gasteiger partial charge in [0.25, 0.3) is 0 Å². The molecule has 0 aliphatic heterocycles. The van der Waals surface area contributed by atoms with Gasteiger partial charge in [0.05, 0.1) is 12.1 Å². The number of aliphatic hydroxyl groups excluding tert-OH is 1. The molecule has 0 saturated heterocycles. The zero-order valence-electron chi connectivity index (χ0n) is 7.56. The minimum Gasteiger partial charge on any atom is -0.481 e. The fraction of sp³-hybridized carbons (Fsp3) is 0.500. The van der Waals surface area contributed by atoms with Gasteiger partial charge in [0, 0.05) is 13.2 Å². The zero-order chi connectivity index (χ0) is 10.0. The highest BCUT2D eigenvalue weighted by Gasteiger charge is 2.17. The molecule has 0 aliphatic carbocycles. The van der Waals surface area contributed by atoms with E-state index in [0.29, 0.717) is 5.69 Å². The summed E-state index contributed by atoms with van der Waals surface area (Å²) in [5, 5.41) is 21.8. The molecule has 72 valence electrons. The van der Waals surface area contributed by atoms with Gasteiger partial charge in [-0.15, -0.1) is 0 Å². The Bertz CT molecular complexity index is 319. The van der Waals surface area contributed by atoms with Crippen molar-refractivity contribution in [2.45, 2.75) is 19.4 Å². The van der Waals surface area contributed by atoms with E-state index in [4.69, 9.17) is 5.11 Å². The average molecular weight is 184 g/mol. The van der Waals surface area contributed by atoms with Gasteiger partial charge in [-0.25, -0.2) is 0 Å². The molecule has 13 heavy (non-hydrogen) atoms. The van der Waals surface area contributed by atoms with Crippen LogP contribution in [0.25, 0.3) is 0 Å². The van der Waals surface area contributed by atoms with Crippen LogP contribution in [-0.4, -0.2) is 26.0 Å². The van der Waals surface area contributed by atoms with E-state index in [9.17, 15) is 9.90 Å². The standard InChI is InChI=1S/C8H12N2O3/c1-5-4-10(2)9-8(5)6(11)3-7(12)13/h4,6,11H,3H2,1-2H3,(H,12,13)/t6-/m1/s1. The third-order valence-corrected chi connectivity index (χ3v) is 1.73. The van der Waals surface area contributed by atoms with Crippen molar-refractivity contribution in [2.75, 3.05) is 0 Å². The first kappa shape index (κ1) is 9.73. The maximum absolute atomic E-state index is 10.3. The van der Waals surface area contributed by atoms with Crippen LogP contribution in [0, 0.1) is 6.92 Å². The van der Waals surface area contributed by atoms with Crippen LogP contribution in [0.3, 0.4) is 0 Å². The lowest BCUT2D eigenvalue weighted by Gasteiger charge is -2.04. The number of hydrogen-bond acceptors (Lipinski definition) is 3. The summed E-state index contributed by atoms with van der Waals surface area (Å²) in [6, 6.07) is 0. The van der Waals surface area contributed by atoms with Crippen LogP contribution in [-0.2, 0) is 11.8 Å². The first-order chi connectivity index (χ1) is 6.00. The smallest absolute Gasteiger partial charge is 0.306 e. The van der Waals surface area contributed by atoms with Crippen molar-refractivity contribution in [3.05, 3.63) is 17.5 Å². The highest BCUT2D eigenvalue weighted by molar-refractivity contribution is 5.67. The molecule has 5 heteroatoms. The van der Waals surface area contributed by atoms with Crippen molar-refractivity contribution in [1.29, 1.82) is 0 Å². The molecule has 1 aromatic rings. The number of carbonyl (C=O) groups is 1. The fourth-order valence-corrected chi connectivity index (χ4v) is 1.22. The van der Waals surface area contributed by atoms with Crippen LogP contribution >= 0.6 is 0 Å². The monoisotopic (exact) mass is 184 g/mol. The molecule has 1 rings (SSSR count). The first-order valence-electron chi connectivity index (χ1n) is 3.90. The summed E-state index contributed by atoms with van der Waals surface area (Å²) >= 11 is 0. The van der Waals surface area contributed by atoms with Crippen LogP contribution in [0.15, 0.2) is 6.20 Å². The van der Waals surface area contributed by atoms with Crippen LogP contribution in [0.1, 0.15) is 23.8 Å². The van der Waals surface area contributed by atoms with Crippen LogP contribution < -0.4 is 0 Å². The van der Waals surface area contributed by atoms with E-state index in [1.807, 2.05) is 0 Å². The normalized spacial score (nSPS) is 12.8. The Morgan fingerprint density at radius 3 is 2.77 bits per heavy atom. The molecule has 0 spiro atoms. The molecular formula is C8H12N2O3. The minimum absolute atomic E-state index is 0.308. The van der Waals surface area contributed by atoms with E-state index < -0.39 is 12.1 Å². The van der Waals surface area contributed by atoms with E-state index in [-0.39, 0.29) is 6.42 Å². The second kappa shape index (κ2) is 3.57. The van der Waals surface area contributed by atoms with Crippen molar-refractivity contribution in [3.8, 4) is 0 Å². The lowest BCUT2D eigenvalue weighted by Crippen LogP contribution is -2.07. The van der Waals surface area contributed by atoms with E-state index in [2.05, 4.69) is 5.10 Å². The lowest BCUT2D eigenvalue weighted by molar-refractivity contribution is -0.139. The third-order valence-electron chi connectivity index (χ3n) is 1.73. The van der Waals surface area contributed by atoms with Gasteiger partial charge in [-0.05, 0) is 12.5 Å². The summed E-state index contributed by atoms with van der Waals surface area (Å²) in [4.78, 5) is 10.3. The quantitative estimate of drug-likeness (QED) is 0.705. The van der Waals surface area contributed by atoms with Crippen molar-refractivity contribution in [1.82, 2.24) is 9.78 Å². The zero-order valence-corrected chi connectivity index (χ0v) is 7.56.